The quantitative estimate of drug-likeness (QED) is 0.671. The van der Waals surface area contributed by atoms with Gasteiger partial charge in [0.2, 0.25) is 0 Å². The van der Waals surface area contributed by atoms with Crippen LogP contribution in [0.2, 0.25) is 0 Å². The van der Waals surface area contributed by atoms with Gasteiger partial charge in [-0.25, -0.2) is 0 Å². The standard InChI is InChI=1S/C15H13N3O3/c16-8-7-11-1-4-13(5-2-11)21-14-6-3-12(10-17)15(9-14)18(19)20/h1-6,9H,7-8,16H2. The third-order valence-electron chi connectivity index (χ3n) is 2.88. The number of nitrogens with zero attached hydrogens (tertiary/aromatic N) is 2. The topological polar surface area (TPSA) is 102 Å². The van der Waals surface area contributed by atoms with Crippen molar-refractivity contribution in [2.24, 2.45) is 5.73 Å². The second-order valence-corrected chi connectivity index (χ2v) is 4.33. The average molecular weight is 283 g/mol. The van der Waals surface area contributed by atoms with Crippen LogP contribution in [0, 0.1) is 21.4 Å². The minimum atomic E-state index is -0.601. The number of nitriles is 1. The van der Waals surface area contributed by atoms with Gasteiger partial charge in [-0.1, -0.05) is 12.1 Å². The van der Waals surface area contributed by atoms with Gasteiger partial charge in [0, 0.05) is 0 Å². The number of ether oxygens (including phenoxy) is 1. The van der Waals surface area contributed by atoms with E-state index in [2.05, 4.69) is 0 Å². The number of nitro benzene ring substituents is 1. The molecule has 0 spiro atoms. The van der Waals surface area contributed by atoms with E-state index in [0.29, 0.717) is 18.0 Å². The van der Waals surface area contributed by atoms with Crippen molar-refractivity contribution in [3.05, 3.63) is 63.7 Å². The molecule has 0 atom stereocenters. The van der Waals surface area contributed by atoms with Crippen LogP contribution in [0.25, 0.3) is 0 Å². The highest BCUT2D eigenvalue weighted by Gasteiger charge is 2.15. The molecular formula is C15H13N3O3. The van der Waals surface area contributed by atoms with Crippen molar-refractivity contribution in [1.29, 1.82) is 5.26 Å². The van der Waals surface area contributed by atoms with Gasteiger partial charge >= 0.3 is 0 Å². The largest absolute Gasteiger partial charge is 0.457 e. The average Bonchev–Trinajstić information content (AvgIpc) is 2.49. The van der Waals surface area contributed by atoms with E-state index in [9.17, 15) is 10.1 Å². The van der Waals surface area contributed by atoms with Gasteiger partial charge in [-0.15, -0.1) is 0 Å². The maximum atomic E-state index is 10.9. The summed E-state index contributed by atoms with van der Waals surface area (Å²) < 4.78 is 5.56. The molecule has 0 saturated carbocycles. The molecule has 0 saturated heterocycles. The van der Waals surface area contributed by atoms with Gasteiger partial charge in [0.15, 0.2) is 0 Å². The highest BCUT2D eigenvalue weighted by atomic mass is 16.6. The lowest BCUT2D eigenvalue weighted by molar-refractivity contribution is -0.385. The molecule has 0 fully saturated rings. The maximum absolute atomic E-state index is 10.9. The smallest absolute Gasteiger partial charge is 0.290 e. The van der Waals surface area contributed by atoms with Crippen LogP contribution in [-0.4, -0.2) is 11.5 Å². The molecule has 2 aromatic carbocycles. The Labute approximate surface area is 121 Å². The highest BCUT2D eigenvalue weighted by molar-refractivity contribution is 5.53. The molecule has 0 radical (unpaired) electrons. The zero-order valence-corrected chi connectivity index (χ0v) is 11.2. The Hall–Kier alpha value is -2.91. The van der Waals surface area contributed by atoms with Crippen LogP contribution < -0.4 is 10.5 Å². The summed E-state index contributed by atoms with van der Waals surface area (Å²) in [5.41, 5.74) is 6.30. The highest BCUT2D eigenvalue weighted by Crippen LogP contribution is 2.28. The van der Waals surface area contributed by atoms with Gasteiger partial charge in [-0.05, 0) is 42.8 Å². The van der Waals surface area contributed by atoms with Gasteiger partial charge in [-0.2, -0.15) is 5.26 Å². The lowest BCUT2D eigenvalue weighted by Crippen LogP contribution is -2.02. The van der Waals surface area contributed by atoms with Crippen LogP contribution in [0.3, 0.4) is 0 Å². The first-order valence-corrected chi connectivity index (χ1v) is 6.29. The first kappa shape index (κ1) is 14.5. The van der Waals surface area contributed by atoms with Crippen molar-refractivity contribution in [1.82, 2.24) is 0 Å². The molecule has 0 heterocycles. The lowest BCUT2D eigenvalue weighted by atomic mass is 10.1. The van der Waals surface area contributed by atoms with Gasteiger partial charge in [0.05, 0.1) is 11.0 Å². The fraction of sp³-hybridized carbons (Fsp3) is 0.133. The Balaban J connectivity index is 2.21. The van der Waals surface area contributed by atoms with E-state index in [1.54, 1.807) is 18.2 Å². The Morgan fingerprint density at radius 2 is 1.86 bits per heavy atom. The van der Waals surface area contributed by atoms with E-state index in [1.807, 2.05) is 12.1 Å². The van der Waals surface area contributed by atoms with E-state index in [0.717, 1.165) is 12.0 Å². The van der Waals surface area contributed by atoms with E-state index in [-0.39, 0.29) is 11.3 Å². The summed E-state index contributed by atoms with van der Waals surface area (Å²) in [5, 5.41) is 19.7. The first-order chi connectivity index (χ1) is 10.1. The third-order valence-corrected chi connectivity index (χ3v) is 2.88. The fourth-order valence-corrected chi connectivity index (χ4v) is 1.85. The van der Waals surface area contributed by atoms with Crippen LogP contribution in [0.4, 0.5) is 5.69 Å². The zero-order chi connectivity index (χ0) is 15.2. The molecular weight excluding hydrogens is 270 g/mol. The molecule has 6 nitrogen and oxygen atoms in total. The molecule has 21 heavy (non-hydrogen) atoms. The predicted octanol–water partition coefficient (Wildman–Crippen LogP) is 2.76. The minimum Gasteiger partial charge on any atom is -0.457 e. The second-order valence-electron chi connectivity index (χ2n) is 4.33. The van der Waals surface area contributed by atoms with E-state index >= 15 is 0 Å². The number of nitrogens with two attached hydrogens (primary N) is 1. The van der Waals surface area contributed by atoms with E-state index in [4.69, 9.17) is 15.7 Å². The van der Waals surface area contributed by atoms with Crippen LogP contribution in [0.15, 0.2) is 42.5 Å². The van der Waals surface area contributed by atoms with Crippen molar-refractivity contribution in [2.45, 2.75) is 6.42 Å². The maximum Gasteiger partial charge on any atom is 0.290 e. The second kappa shape index (κ2) is 6.50. The summed E-state index contributed by atoms with van der Waals surface area (Å²) in [6.07, 6.45) is 0.780. The van der Waals surface area contributed by atoms with Crippen molar-refractivity contribution >= 4 is 5.69 Å². The zero-order valence-electron chi connectivity index (χ0n) is 11.2. The van der Waals surface area contributed by atoms with Crippen molar-refractivity contribution in [3.63, 3.8) is 0 Å². The number of rotatable bonds is 5. The number of nitro groups is 1. The predicted molar refractivity (Wildman–Crippen MR) is 77.1 cm³/mol. The normalized spacial score (nSPS) is 9.90. The summed E-state index contributed by atoms with van der Waals surface area (Å²) in [6, 6.07) is 13.2. The number of hydrogen-bond donors (Lipinski definition) is 1. The van der Waals surface area contributed by atoms with Crippen molar-refractivity contribution in [3.8, 4) is 17.6 Å². The molecule has 0 aliphatic rings. The van der Waals surface area contributed by atoms with E-state index in [1.165, 1.54) is 18.2 Å². The van der Waals surface area contributed by atoms with Crippen molar-refractivity contribution in [2.75, 3.05) is 6.54 Å². The molecule has 0 unspecified atom stereocenters. The summed E-state index contributed by atoms with van der Waals surface area (Å²) in [5.74, 6) is 0.877. The molecule has 2 aromatic rings. The van der Waals surface area contributed by atoms with Crippen LogP contribution >= 0.6 is 0 Å². The summed E-state index contributed by atoms with van der Waals surface area (Å²) in [4.78, 5) is 10.3. The summed E-state index contributed by atoms with van der Waals surface area (Å²) in [6.45, 7) is 0.571. The summed E-state index contributed by atoms with van der Waals surface area (Å²) in [7, 11) is 0. The molecule has 0 aliphatic heterocycles. The Morgan fingerprint density at radius 3 is 2.43 bits per heavy atom. The number of hydrogen-bond acceptors (Lipinski definition) is 5. The minimum absolute atomic E-state index is 0.00523. The van der Waals surface area contributed by atoms with Crippen molar-refractivity contribution < 1.29 is 9.66 Å². The van der Waals surface area contributed by atoms with Crippen LogP contribution in [-0.2, 0) is 6.42 Å². The SMILES string of the molecule is N#Cc1ccc(Oc2ccc(CCN)cc2)cc1[N+](=O)[O-]. The first-order valence-electron chi connectivity index (χ1n) is 6.29. The Kier molecular flexibility index (Phi) is 4.49. The molecule has 0 aromatic heterocycles. The molecule has 106 valence electrons. The molecule has 2 N–H and O–H groups in total. The van der Waals surface area contributed by atoms with Crippen LogP contribution in [0.5, 0.6) is 11.5 Å². The monoisotopic (exact) mass is 283 g/mol. The lowest BCUT2D eigenvalue weighted by Gasteiger charge is -2.07. The fourth-order valence-electron chi connectivity index (χ4n) is 1.85. The van der Waals surface area contributed by atoms with Gasteiger partial charge in [0.1, 0.15) is 23.1 Å². The molecule has 0 bridgehead atoms. The Morgan fingerprint density at radius 1 is 1.19 bits per heavy atom. The molecule has 6 heteroatoms. The van der Waals surface area contributed by atoms with Crippen LogP contribution in [0.1, 0.15) is 11.1 Å². The van der Waals surface area contributed by atoms with E-state index < -0.39 is 4.92 Å². The molecule has 0 amide bonds. The van der Waals surface area contributed by atoms with Gasteiger partial charge in [-0.3, -0.25) is 10.1 Å². The third kappa shape index (κ3) is 3.55. The van der Waals surface area contributed by atoms with Gasteiger partial charge in [0.25, 0.3) is 5.69 Å². The number of benzene rings is 2. The summed E-state index contributed by atoms with van der Waals surface area (Å²) >= 11 is 0. The molecule has 0 aliphatic carbocycles. The molecule has 2 rings (SSSR count). The Bertz CT molecular complexity index is 690. The van der Waals surface area contributed by atoms with Gasteiger partial charge < -0.3 is 10.5 Å².